The molecule has 98 valence electrons. The molecule has 0 bridgehead atoms. The Morgan fingerprint density at radius 2 is 2.32 bits per heavy atom. The van der Waals surface area contributed by atoms with Gasteiger partial charge in [0.15, 0.2) is 0 Å². The van der Waals surface area contributed by atoms with Crippen LogP contribution in [-0.2, 0) is 12.8 Å². The lowest BCUT2D eigenvalue weighted by Gasteiger charge is -1.94. The van der Waals surface area contributed by atoms with Crippen LogP contribution in [-0.4, -0.2) is 34.8 Å². The van der Waals surface area contributed by atoms with Gasteiger partial charge in [-0.15, -0.1) is 5.10 Å². The van der Waals surface area contributed by atoms with Crippen molar-refractivity contribution >= 4 is 28.1 Å². The summed E-state index contributed by atoms with van der Waals surface area (Å²) < 4.78 is 2.91. The van der Waals surface area contributed by atoms with Crippen LogP contribution >= 0.6 is 23.1 Å². The summed E-state index contributed by atoms with van der Waals surface area (Å²) in [6.07, 6.45) is 0. The van der Waals surface area contributed by atoms with Crippen molar-refractivity contribution in [2.24, 2.45) is 7.05 Å². The van der Waals surface area contributed by atoms with E-state index in [9.17, 15) is 4.79 Å². The fraction of sp³-hybridized carbons (Fsp3) is 0.333. The monoisotopic (exact) mass is 295 g/mol. The van der Waals surface area contributed by atoms with Gasteiger partial charge in [-0.3, -0.25) is 4.79 Å². The molecule has 0 aliphatic rings. The third-order valence-electron chi connectivity index (χ3n) is 2.32. The Bertz CT molecular complexity index is 789. The number of thioether (sulfide) groups is 1. The molecular formula is C9H9N7OS2. The summed E-state index contributed by atoms with van der Waals surface area (Å²) in [7, 11) is 1.77. The van der Waals surface area contributed by atoms with Gasteiger partial charge < -0.3 is 0 Å². The molecular weight excluding hydrogens is 286 g/mol. The minimum absolute atomic E-state index is 0.157. The summed E-state index contributed by atoms with van der Waals surface area (Å²) in [5.74, 6) is 0.598. The molecule has 3 aromatic rings. The van der Waals surface area contributed by atoms with Crippen molar-refractivity contribution in [3.63, 3.8) is 0 Å². The van der Waals surface area contributed by atoms with Crippen LogP contribution in [0.25, 0.3) is 4.96 Å². The van der Waals surface area contributed by atoms with Crippen molar-refractivity contribution in [1.29, 1.82) is 0 Å². The zero-order chi connectivity index (χ0) is 13.4. The molecule has 3 heterocycles. The number of nitrogens with zero attached hydrogens (tertiary/aromatic N) is 7. The zero-order valence-electron chi connectivity index (χ0n) is 10.1. The Balaban J connectivity index is 1.88. The van der Waals surface area contributed by atoms with Gasteiger partial charge in [0.25, 0.3) is 5.56 Å². The lowest BCUT2D eigenvalue weighted by atomic mass is 10.5. The minimum atomic E-state index is -0.157. The van der Waals surface area contributed by atoms with Gasteiger partial charge in [0.05, 0.1) is 5.75 Å². The molecule has 10 heteroatoms. The van der Waals surface area contributed by atoms with Crippen molar-refractivity contribution in [3.8, 4) is 0 Å². The molecule has 0 atom stereocenters. The molecule has 0 spiro atoms. The van der Waals surface area contributed by atoms with E-state index in [2.05, 4.69) is 25.6 Å². The van der Waals surface area contributed by atoms with Gasteiger partial charge >= 0.3 is 0 Å². The van der Waals surface area contributed by atoms with E-state index in [0.29, 0.717) is 21.6 Å². The summed E-state index contributed by atoms with van der Waals surface area (Å²) in [4.78, 5) is 16.6. The molecule has 0 fully saturated rings. The molecule has 0 aromatic carbocycles. The third-order valence-corrected chi connectivity index (χ3v) is 4.43. The molecule has 0 saturated heterocycles. The SMILES string of the molecule is Cc1cc(=O)n2nc(CSc3nnnn3C)sc2n1. The van der Waals surface area contributed by atoms with Gasteiger partial charge in [0, 0.05) is 18.8 Å². The van der Waals surface area contributed by atoms with Crippen LogP contribution in [0.5, 0.6) is 0 Å². The Labute approximate surface area is 115 Å². The number of hydrogen-bond donors (Lipinski definition) is 0. The normalized spacial score (nSPS) is 11.3. The first kappa shape index (κ1) is 12.2. The van der Waals surface area contributed by atoms with Gasteiger partial charge in [0.1, 0.15) is 5.01 Å². The Hall–Kier alpha value is -1.81. The summed E-state index contributed by atoms with van der Waals surface area (Å²) in [5.41, 5.74) is 0.542. The average molecular weight is 295 g/mol. The Kier molecular flexibility index (Phi) is 3.03. The summed E-state index contributed by atoms with van der Waals surface area (Å²) in [6, 6.07) is 1.47. The van der Waals surface area contributed by atoms with Crippen molar-refractivity contribution < 1.29 is 0 Å². The van der Waals surface area contributed by atoms with Gasteiger partial charge in [-0.2, -0.15) is 9.61 Å². The smallest absolute Gasteiger partial charge is 0.267 e. The van der Waals surface area contributed by atoms with E-state index in [-0.39, 0.29) is 5.56 Å². The second kappa shape index (κ2) is 4.70. The predicted molar refractivity (Wildman–Crippen MR) is 70.2 cm³/mol. The first-order chi connectivity index (χ1) is 9.13. The topological polar surface area (TPSA) is 90.9 Å². The third kappa shape index (κ3) is 2.36. The van der Waals surface area contributed by atoms with Gasteiger partial charge in [-0.25, -0.2) is 9.67 Å². The fourth-order valence-electron chi connectivity index (χ4n) is 1.49. The maximum absolute atomic E-state index is 11.7. The van der Waals surface area contributed by atoms with Gasteiger partial charge in [0.2, 0.25) is 10.1 Å². The fourth-order valence-corrected chi connectivity index (χ4v) is 3.27. The van der Waals surface area contributed by atoms with E-state index < -0.39 is 0 Å². The molecule has 0 N–H and O–H groups in total. The van der Waals surface area contributed by atoms with Gasteiger partial charge in [-0.1, -0.05) is 23.1 Å². The molecule has 19 heavy (non-hydrogen) atoms. The second-order valence-electron chi connectivity index (χ2n) is 3.80. The van der Waals surface area contributed by atoms with Crippen LogP contribution in [0.4, 0.5) is 0 Å². The lowest BCUT2D eigenvalue weighted by Crippen LogP contribution is -2.14. The molecule has 3 rings (SSSR count). The highest BCUT2D eigenvalue weighted by Gasteiger charge is 2.10. The molecule has 0 aliphatic carbocycles. The molecule has 8 nitrogen and oxygen atoms in total. The van der Waals surface area contributed by atoms with Crippen molar-refractivity contribution in [2.45, 2.75) is 17.8 Å². The molecule has 3 aromatic heterocycles. The highest BCUT2D eigenvalue weighted by Crippen LogP contribution is 2.22. The Morgan fingerprint density at radius 3 is 3.05 bits per heavy atom. The van der Waals surface area contributed by atoms with Gasteiger partial charge in [-0.05, 0) is 17.4 Å². The standard InChI is InChI=1S/C9H9N7OS2/c1-5-3-7(17)16-8(10-5)19-6(12-16)4-18-9-11-13-14-15(9)2/h3H,4H2,1-2H3. The van der Waals surface area contributed by atoms with E-state index in [4.69, 9.17) is 0 Å². The van der Waals surface area contributed by atoms with E-state index in [1.54, 1.807) is 18.7 Å². The van der Waals surface area contributed by atoms with Crippen molar-refractivity contribution in [1.82, 2.24) is 34.8 Å². The average Bonchev–Trinajstić information content (AvgIpc) is 2.92. The quantitative estimate of drug-likeness (QED) is 0.641. The number of rotatable bonds is 3. The summed E-state index contributed by atoms with van der Waals surface area (Å²) in [6.45, 7) is 1.79. The number of hydrogen-bond acceptors (Lipinski definition) is 8. The van der Waals surface area contributed by atoms with Crippen molar-refractivity contribution in [3.05, 3.63) is 27.1 Å². The van der Waals surface area contributed by atoms with Crippen LogP contribution in [0.1, 0.15) is 10.7 Å². The lowest BCUT2D eigenvalue weighted by molar-refractivity contribution is 0.664. The zero-order valence-corrected chi connectivity index (χ0v) is 11.8. The van der Waals surface area contributed by atoms with Crippen LogP contribution in [0, 0.1) is 6.92 Å². The van der Waals surface area contributed by atoms with Crippen molar-refractivity contribution in [2.75, 3.05) is 0 Å². The number of aromatic nitrogens is 7. The van der Waals surface area contributed by atoms with E-state index >= 15 is 0 Å². The van der Waals surface area contributed by atoms with Crippen LogP contribution in [0.2, 0.25) is 0 Å². The number of tetrazole rings is 1. The first-order valence-electron chi connectivity index (χ1n) is 5.35. The van der Waals surface area contributed by atoms with E-state index in [1.165, 1.54) is 33.7 Å². The molecule has 0 saturated carbocycles. The molecule has 0 radical (unpaired) electrons. The first-order valence-corrected chi connectivity index (χ1v) is 7.15. The van der Waals surface area contributed by atoms with Crippen LogP contribution in [0.3, 0.4) is 0 Å². The number of aryl methyl sites for hydroxylation is 2. The molecule has 0 unspecified atom stereocenters. The van der Waals surface area contributed by atoms with E-state index in [0.717, 1.165) is 5.01 Å². The highest BCUT2D eigenvalue weighted by molar-refractivity contribution is 7.98. The molecule has 0 aliphatic heterocycles. The predicted octanol–water partition coefficient (Wildman–Crippen LogP) is 0.275. The summed E-state index contributed by atoms with van der Waals surface area (Å²) >= 11 is 2.86. The van der Waals surface area contributed by atoms with E-state index in [1.807, 2.05) is 0 Å². The highest BCUT2D eigenvalue weighted by atomic mass is 32.2. The Morgan fingerprint density at radius 1 is 1.47 bits per heavy atom. The van der Waals surface area contributed by atoms with Crippen LogP contribution < -0.4 is 5.56 Å². The maximum Gasteiger partial charge on any atom is 0.275 e. The maximum atomic E-state index is 11.7. The summed E-state index contributed by atoms with van der Waals surface area (Å²) in [5, 5.41) is 16.9. The second-order valence-corrected chi connectivity index (χ2v) is 5.78. The largest absolute Gasteiger partial charge is 0.275 e. The molecule has 0 amide bonds. The number of fused-ring (bicyclic) bond motifs is 1. The minimum Gasteiger partial charge on any atom is -0.267 e. The van der Waals surface area contributed by atoms with Crippen LogP contribution in [0.15, 0.2) is 16.0 Å².